The average Bonchev–Trinajstić information content (AvgIpc) is 2.45. The van der Waals surface area contributed by atoms with E-state index >= 15 is 0 Å². The maximum atomic E-state index is 11.8. The Morgan fingerprint density at radius 3 is 2.29 bits per heavy atom. The molecule has 2 atom stereocenters. The number of carbonyl (C=O) groups is 2. The highest BCUT2D eigenvalue weighted by atomic mass is 35.5. The van der Waals surface area contributed by atoms with Crippen LogP contribution in [0.25, 0.3) is 0 Å². The van der Waals surface area contributed by atoms with Crippen molar-refractivity contribution in [3.63, 3.8) is 0 Å². The average molecular weight is 317 g/mol. The second kappa shape index (κ2) is 9.20. The van der Waals surface area contributed by atoms with Crippen LogP contribution >= 0.6 is 12.4 Å². The Morgan fingerprint density at radius 2 is 1.81 bits per heavy atom. The fraction of sp³-hybridized carbons (Fsp3) is 0.429. The molecule has 1 amide bonds. The molecule has 0 aromatic heterocycles. The van der Waals surface area contributed by atoms with E-state index in [1.54, 1.807) is 38.1 Å². The Hall–Kier alpha value is -1.79. The molecule has 6 nitrogen and oxygen atoms in total. The molecule has 1 aromatic rings. The van der Waals surface area contributed by atoms with Crippen LogP contribution in [0.5, 0.6) is 5.75 Å². The van der Waals surface area contributed by atoms with E-state index in [0.29, 0.717) is 11.4 Å². The molecule has 2 unspecified atom stereocenters. The van der Waals surface area contributed by atoms with Gasteiger partial charge in [0.25, 0.3) is 0 Å². The maximum Gasteiger partial charge on any atom is 0.343 e. The van der Waals surface area contributed by atoms with Crippen LogP contribution < -0.4 is 15.8 Å². The second-order valence-corrected chi connectivity index (χ2v) is 4.53. The van der Waals surface area contributed by atoms with Crippen molar-refractivity contribution >= 4 is 30.0 Å². The third-order valence-electron chi connectivity index (χ3n) is 2.91. The number of nitrogens with two attached hydrogens (primary N) is 1. The zero-order chi connectivity index (χ0) is 15.1. The first-order valence-electron chi connectivity index (χ1n) is 6.30. The van der Waals surface area contributed by atoms with Gasteiger partial charge in [-0.2, -0.15) is 0 Å². The fourth-order valence-corrected chi connectivity index (χ4v) is 1.33. The van der Waals surface area contributed by atoms with E-state index in [2.05, 4.69) is 10.1 Å². The number of ether oxygens (including phenoxy) is 2. The van der Waals surface area contributed by atoms with Crippen molar-refractivity contribution < 1.29 is 19.1 Å². The van der Waals surface area contributed by atoms with Crippen molar-refractivity contribution in [2.75, 3.05) is 19.0 Å². The van der Waals surface area contributed by atoms with Gasteiger partial charge in [-0.05, 0) is 31.2 Å². The lowest BCUT2D eigenvalue weighted by Gasteiger charge is -2.15. The van der Waals surface area contributed by atoms with E-state index in [0.717, 1.165) is 0 Å². The summed E-state index contributed by atoms with van der Waals surface area (Å²) in [6, 6.07) is 6.50. The molecule has 0 radical (unpaired) electrons. The van der Waals surface area contributed by atoms with Crippen LogP contribution in [-0.2, 0) is 14.3 Å². The van der Waals surface area contributed by atoms with E-state index in [4.69, 9.17) is 10.5 Å². The molecule has 1 aromatic carbocycles. The van der Waals surface area contributed by atoms with Gasteiger partial charge in [0.2, 0.25) is 5.91 Å². The molecule has 21 heavy (non-hydrogen) atoms. The van der Waals surface area contributed by atoms with Gasteiger partial charge in [0.05, 0.1) is 13.0 Å². The van der Waals surface area contributed by atoms with Crippen LogP contribution in [0.1, 0.15) is 13.8 Å². The summed E-state index contributed by atoms with van der Waals surface area (Å²) >= 11 is 0. The molecule has 3 N–H and O–H groups in total. The molecular formula is C14H21ClN2O4. The van der Waals surface area contributed by atoms with Gasteiger partial charge in [0.15, 0.2) is 6.61 Å². The predicted octanol–water partition coefficient (Wildman–Crippen LogP) is 1.58. The van der Waals surface area contributed by atoms with Crippen LogP contribution in [0.15, 0.2) is 24.3 Å². The molecule has 1 rings (SSSR count). The lowest BCUT2D eigenvalue weighted by molar-refractivity contribution is -0.142. The van der Waals surface area contributed by atoms with Crippen molar-refractivity contribution in [3.05, 3.63) is 24.3 Å². The van der Waals surface area contributed by atoms with Crippen molar-refractivity contribution in [3.8, 4) is 5.75 Å². The third kappa shape index (κ3) is 6.46. The number of rotatable bonds is 6. The second-order valence-electron chi connectivity index (χ2n) is 4.53. The van der Waals surface area contributed by atoms with Gasteiger partial charge >= 0.3 is 5.97 Å². The Morgan fingerprint density at radius 1 is 1.24 bits per heavy atom. The minimum atomic E-state index is -0.451. The van der Waals surface area contributed by atoms with E-state index in [1.807, 2.05) is 0 Å². The fourth-order valence-electron chi connectivity index (χ4n) is 1.33. The smallest absolute Gasteiger partial charge is 0.343 e. The molecule has 0 saturated carbocycles. The van der Waals surface area contributed by atoms with Crippen molar-refractivity contribution in [2.24, 2.45) is 11.7 Å². The molecule has 0 aliphatic heterocycles. The molecule has 0 saturated heterocycles. The number of benzene rings is 1. The Labute approximate surface area is 130 Å². The van der Waals surface area contributed by atoms with Crippen LogP contribution in [0, 0.1) is 5.92 Å². The van der Waals surface area contributed by atoms with Gasteiger partial charge in [-0.15, -0.1) is 12.4 Å². The number of anilines is 1. The number of amides is 1. The summed E-state index contributed by atoms with van der Waals surface area (Å²) in [5, 5.41) is 2.76. The standard InChI is InChI=1S/C14H20N2O4.ClH/c1-9(10(2)15)14(18)16-11-4-6-12(7-5-11)20-8-13(17)19-3;/h4-7,9-10H,8,15H2,1-3H3,(H,16,18);1H. The Kier molecular flexibility index (Phi) is 8.42. The number of esters is 1. The summed E-state index contributed by atoms with van der Waals surface area (Å²) in [5.41, 5.74) is 6.32. The highest BCUT2D eigenvalue weighted by Gasteiger charge is 2.16. The van der Waals surface area contributed by atoms with Crippen LogP contribution in [0.4, 0.5) is 5.69 Å². The van der Waals surface area contributed by atoms with Gasteiger partial charge in [-0.1, -0.05) is 6.92 Å². The van der Waals surface area contributed by atoms with Gasteiger partial charge < -0.3 is 20.5 Å². The summed E-state index contributed by atoms with van der Waals surface area (Å²) in [5.74, 6) is -0.338. The first kappa shape index (κ1) is 19.2. The minimum Gasteiger partial charge on any atom is -0.482 e. The monoisotopic (exact) mass is 316 g/mol. The van der Waals surface area contributed by atoms with Crippen LogP contribution in [-0.4, -0.2) is 31.6 Å². The van der Waals surface area contributed by atoms with Gasteiger partial charge in [0.1, 0.15) is 5.75 Å². The highest BCUT2D eigenvalue weighted by molar-refractivity contribution is 5.92. The van der Waals surface area contributed by atoms with E-state index in [-0.39, 0.29) is 36.9 Å². The molecule has 0 fully saturated rings. The van der Waals surface area contributed by atoms with Gasteiger partial charge in [-0.3, -0.25) is 4.79 Å². The highest BCUT2D eigenvalue weighted by Crippen LogP contribution is 2.16. The molecule has 118 valence electrons. The van der Waals surface area contributed by atoms with Crippen LogP contribution in [0.2, 0.25) is 0 Å². The number of hydrogen-bond donors (Lipinski definition) is 2. The number of carbonyl (C=O) groups excluding carboxylic acids is 2. The first-order valence-corrected chi connectivity index (χ1v) is 6.30. The number of hydrogen-bond acceptors (Lipinski definition) is 5. The van der Waals surface area contributed by atoms with Crippen molar-refractivity contribution in [2.45, 2.75) is 19.9 Å². The lowest BCUT2D eigenvalue weighted by atomic mass is 10.0. The maximum absolute atomic E-state index is 11.8. The zero-order valence-electron chi connectivity index (χ0n) is 12.3. The first-order chi connectivity index (χ1) is 9.43. The molecule has 0 heterocycles. The van der Waals surface area contributed by atoms with E-state index < -0.39 is 5.97 Å². The van der Waals surface area contributed by atoms with Crippen molar-refractivity contribution in [1.82, 2.24) is 0 Å². The zero-order valence-corrected chi connectivity index (χ0v) is 13.1. The summed E-state index contributed by atoms with van der Waals surface area (Å²) in [4.78, 5) is 22.7. The Balaban J connectivity index is 0.00000400. The Bertz CT molecular complexity index is 463. The third-order valence-corrected chi connectivity index (χ3v) is 2.91. The molecule has 0 aliphatic rings. The normalized spacial score (nSPS) is 12.6. The summed E-state index contributed by atoms with van der Waals surface area (Å²) in [6.07, 6.45) is 0. The molecule has 0 spiro atoms. The predicted molar refractivity (Wildman–Crippen MR) is 82.6 cm³/mol. The number of halogens is 1. The summed E-state index contributed by atoms with van der Waals surface area (Å²) < 4.78 is 9.66. The number of nitrogens with one attached hydrogen (secondary N) is 1. The van der Waals surface area contributed by atoms with Gasteiger partial charge in [0, 0.05) is 11.7 Å². The molecule has 7 heteroatoms. The van der Waals surface area contributed by atoms with Gasteiger partial charge in [-0.25, -0.2) is 4.79 Å². The summed E-state index contributed by atoms with van der Waals surface area (Å²) in [7, 11) is 1.30. The largest absolute Gasteiger partial charge is 0.482 e. The van der Waals surface area contributed by atoms with E-state index in [9.17, 15) is 9.59 Å². The quantitative estimate of drug-likeness (QED) is 0.778. The molecule has 0 bridgehead atoms. The minimum absolute atomic E-state index is 0. The topological polar surface area (TPSA) is 90.6 Å². The SMILES string of the molecule is COC(=O)COc1ccc(NC(=O)C(C)C(C)N)cc1.Cl. The molecular weight excluding hydrogens is 296 g/mol. The van der Waals surface area contributed by atoms with Crippen LogP contribution in [0.3, 0.4) is 0 Å². The number of methoxy groups -OCH3 is 1. The lowest BCUT2D eigenvalue weighted by Crippen LogP contribution is -2.34. The van der Waals surface area contributed by atoms with Crippen molar-refractivity contribution in [1.29, 1.82) is 0 Å². The van der Waals surface area contributed by atoms with E-state index in [1.165, 1.54) is 7.11 Å². The molecule has 0 aliphatic carbocycles. The summed E-state index contributed by atoms with van der Waals surface area (Å²) in [6.45, 7) is 3.41.